The van der Waals surface area contributed by atoms with Gasteiger partial charge in [0.15, 0.2) is 5.82 Å². The van der Waals surface area contributed by atoms with Crippen LogP contribution in [0.15, 0.2) is 42.9 Å². The molecule has 1 atom stereocenters. The van der Waals surface area contributed by atoms with E-state index in [1.165, 1.54) is 0 Å². The van der Waals surface area contributed by atoms with E-state index in [0.29, 0.717) is 0 Å². The molecule has 0 amide bonds. The number of benzene rings is 1. The Bertz CT molecular complexity index is 610. The van der Waals surface area contributed by atoms with Crippen molar-refractivity contribution in [1.29, 1.82) is 0 Å². The third-order valence-electron chi connectivity index (χ3n) is 3.75. The molecule has 0 aromatic heterocycles. The smallest absolute Gasteiger partial charge is 0.156 e. The van der Waals surface area contributed by atoms with E-state index in [0.717, 1.165) is 16.4 Å². The van der Waals surface area contributed by atoms with Crippen LogP contribution in [0.4, 0.5) is 0 Å². The van der Waals surface area contributed by atoms with Crippen molar-refractivity contribution >= 4 is 17.7 Å². The van der Waals surface area contributed by atoms with Gasteiger partial charge in [-0.3, -0.25) is 4.57 Å². The Balaban J connectivity index is 0.000000262. The number of hydrogen-bond donors (Lipinski definition) is 1. The number of rotatable bonds is 2. The first-order chi connectivity index (χ1) is 9.69. The van der Waals surface area contributed by atoms with E-state index in [-0.39, 0.29) is 5.41 Å². The standard InChI is InChI=1S/C14H19ClO.C3H2N2/c1-13(2,3)14(4,16)10-9-11-5-7-12(15)8-6-11;1-3-4-2-5(1)3/h5-10,16H,1-4H3;1-2H. The fourth-order valence-corrected chi connectivity index (χ4v) is 1.56. The predicted molar refractivity (Wildman–Crippen MR) is 87.7 cm³/mol. The number of imidazole rings is 1. The molecule has 0 saturated heterocycles. The molecule has 0 bridgehead atoms. The van der Waals surface area contributed by atoms with E-state index >= 15 is 0 Å². The molecule has 1 unspecified atom stereocenters. The highest BCUT2D eigenvalue weighted by Gasteiger charge is 2.32. The largest absolute Gasteiger partial charge is 0.386 e. The number of aromatic nitrogens is 2. The summed E-state index contributed by atoms with van der Waals surface area (Å²) < 4.78 is 1.97. The Morgan fingerprint density at radius 1 is 1.14 bits per heavy atom. The summed E-state index contributed by atoms with van der Waals surface area (Å²) in [5.41, 5.74) is 0.0247. The van der Waals surface area contributed by atoms with Gasteiger partial charge in [-0.25, -0.2) is 4.98 Å². The van der Waals surface area contributed by atoms with Crippen LogP contribution in [0.1, 0.15) is 33.3 Å². The molecule has 2 aliphatic rings. The summed E-state index contributed by atoms with van der Waals surface area (Å²) in [4.78, 5) is 3.81. The van der Waals surface area contributed by atoms with Gasteiger partial charge >= 0.3 is 0 Å². The third-order valence-corrected chi connectivity index (χ3v) is 4.01. The van der Waals surface area contributed by atoms with Gasteiger partial charge in [0.2, 0.25) is 0 Å². The van der Waals surface area contributed by atoms with Crippen molar-refractivity contribution in [1.82, 2.24) is 9.55 Å². The number of hydrogen-bond acceptors (Lipinski definition) is 2. The summed E-state index contributed by atoms with van der Waals surface area (Å²) >= 11 is 5.80. The fourth-order valence-electron chi connectivity index (χ4n) is 1.44. The molecule has 3 nitrogen and oxygen atoms in total. The minimum absolute atomic E-state index is 0.185. The first-order valence-electron chi connectivity index (χ1n) is 6.91. The lowest BCUT2D eigenvalue weighted by atomic mass is 9.77. The molecule has 2 aliphatic heterocycles. The molecule has 4 heteroatoms. The SMILES string of the molecule is CC(C)(C)C(C)(O)C=Cc1ccc(Cl)cc1.c1nc2cn1-2. The molecule has 1 N–H and O–H groups in total. The van der Waals surface area contributed by atoms with Crippen molar-refractivity contribution in [3.63, 3.8) is 0 Å². The van der Waals surface area contributed by atoms with Crippen molar-refractivity contribution in [2.24, 2.45) is 5.41 Å². The van der Waals surface area contributed by atoms with Crippen LogP contribution in [0.2, 0.25) is 5.02 Å². The zero-order valence-electron chi connectivity index (χ0n) is 12.8. The van der Waals surface area contributed by atoms with Crippen LogP contribution in [0.5, 0.6) is 0 Å². The van der Waals surface area contributed by atoms with Gasteiger partial charge in [0, 0.05) is 5.02 Å². The monoisotopic (exact) mass is 304 g/mol. The van der Waals surface area contributed by atoms with Crippen molar-refractivity contribution in [3.8, 4) is 5.82 Å². The van der Waals surface area contributed by atoms with Crippen LogP contribution in [0.25, 0.3) is 11.9 Å². The molecule has 0 aliphatic carbocycles. The average Bonchev–Trinajstić information content (AvgIpc) is 2.95. The van der Waals surface area contributed by atoms with Crippen molar-refractivity contribution in [2.75, 3.05) is 0 Å². The van der Waals surface area contributed by atoms with E-state index in [1.807, 2.05) is 74.9 Å². The van der Waals surface area contributed by atoms with Gasteiger partial charge in [-0.15, -0.1) is 0 Å². The fraction of sp³-hybridized carbons (Fsp3) is 0.353. The lowest BCUT2D eigenvalue weighted by Crippen LogP contribution is -2.37. The van der Waals surface area contributed by atoms with E-state index in [2.05, 4.69) is 4.98 Å². The van der Waals surface area contributed by atoms with Crippen molar-refractivity contribution < 1.29 is 5.11 Å². The summed E-state index contributed by atoms with van der Waals surface area (Å²) in [5, 5.41) is 11.0. The summed E-state index contributed by atoms with van der Waals surface area (Å²) in [6, 6.07) is 7.54. The average molecular weight is 305 g/mol. The van der Waals surface area contributed by atoms with E-state index in [1.54, 1.807) is 6.33 Å². The first-order valence-corrected chi connectivity index (χ1v) is 7.28. The highest BCUT2D eigenvalue weighted by atomic mass is 35.5. The van der Waals surface area contributed by atoms with Crippen LogP contribution in [0.3, 0.4) is 0 Å². The summed E-state index contributed by atoms with van der Waals surface area (Å²) in [5.74, 6) is 1.13. The maximum Gasteiger partial charge on any atom is 0.156 e. The predicted octanol–water partition coefficient (Wildman–Crippen LogP) is 4.34. The topological polar surface area (TPSA) is 38.1 Å². The minimum Gasteiger partial charge on any atom is -0.386 e. The maximum absolute atomic E-state index is 10.3. The molecule has 21 heavy (non-hydrogen) atoms. The van der Waals surface area contributed by atoms with Gasteiger partial charge in [-0.2, -0.15) is 0 Å². The van der Waals surface area contributed by atoms with Gasteiger partial charge in [0.1, 0.15) is 6.33 Å². The molecule has 0 spiro atoms. The van der Waals surface area contributed by atoms with Crippen molar-refractivity contribution in [3.05, 3.63) is 53.5 Å². The Hall–Kier alpha value is -1.58. The Labute approximate surface area is 130 Å². The molecule has 1 aromatic carbocycles. The summed E-state index contributed by atoms with van der Waals surface area (Å²) in [7, 11) is 0. The van der Waals surface area contributed by atoms with Crippen molar-refractivity contribution in [2.45, 2.75) is 33.3 Å². The van der Waals surface area contributed by atoms with E-state index in [4.69, 9.17) is 11.6 Å². The highest BCUT2D eigenvalue weighted by molar-refractivity contribution is 6.30. The molecule has 0 saturated carbocycles. The van der Waals surface area contributed by atoms with Crippen LogP contribution in [0, 0.1) is 5.41 Å². The molecule has 1 aromatic rings. The van der Waals surface area contributed by atoms with Crippen LogP contribution < -0.4 is 0 Å². The molecule has 2 heterocycles. The van der Waals surface area contributed by atoms with Gasteiger partial charge in [0.25, 0.3) is 0 Å². The molecule has 112 valence electrons. The summed E-state index contributed by atoms with van der Waals surface area (Å²) in [6.07, 6.45) is 7.51. The van der Waals surface area contributed by atoms with Gasteiger partial charge in [0.05, 0.1) is 11.8 Å². The van der Waals surface area contributed by atoms with Gasteiger partial charge in [-0.05, 0) is 30.0 Å². The number of aliphatic hydroxyl groups is 1. The van der Waals surface area contributed by atoms with E-state index < -0.39 is 5.60 Å². The molecular formula is C17H21ClN2O. The van der Waals surface area contributed by atoms with E-state index in [9.17, 15) is 5.11 Å². The Morgan fingerprint density at radius 3 is 2.05 bits per heavy atom. The Morgan fingerprint density at radius 2 is 1.71 bits per heavy atom. The number of halogens is 1. The number of nitrogens with zero attached hydrogens (tertiary/aromatic N) is 2. The van der Waals surface area contributed by atoms with Crippen LogP contribution >= 0.6 is 11.6 Å². The highest BCUT2D eigenvalue weighted by Crippen LogP contribution is 2.31. The summed E-state index contributed by atoms with van der Waals surface area (Å²) in [6.45, 7) is 7.86. The van der Waals surface area contributed by atoms with Crippen LogP contribution in [-0.4, -0.2) is 20.3 Å². The second-order valence-corrected chi connectivity index (χ2v) is 6.86. The molecule has 3 rings (SSSR count). The molecular weight excluding hydrogens is 284 g/mol. The first kappa shape index (κ1) is 15.8. The maximum atomic E-state index is 10.3. The molecule has 0 fully saturated rings. The lowest BCUT2D eigenvalue weighted by molar-refractivity contribution is 0.00436. The zero-order chi connectivity index (χ0) is 15.7. The number of fused-ring (bicyclic) bond motifs is 1. The van der Waals surface area contributed by atoms with Gasteiger partial charge < -0.3 is 5.11 Å². The lowest BCUT2D eigenvalue weighted by Gasteiger charge is -2.34. The Kier molecular flexibility index (Phi) is 4.26. The second-order valence-electron chi connectivity index (χ2n) is 6.42. The quantitative estimate of drug-likeness (QED) is 0.765. The minimum atomic E-state index is -0.827. The zero-order valence-corrected chi connectivity index (χ0v) is 13.6. The molecule has 0 radical (unpaired) electrons. The normalized spacial score (nSPS) is 15.3. The second kappa shape index (κ2) is 5.66. The van der Waals surface area contributed by atoms with Crippen LogP contribution in [-0.2, 0) is 0 Å². The third kappa shape index (κ3) is 4.19. The van der Waals surface area contributed by atoms with Gasteiger partial charge in [-0.1, -0.05) is 56.7 Å².